The molecular weight excluding hydrogens is 404 g/mol. The van der Waals surface area contributed by atoms with Gasteiger partial charge >= 0.3 is 5.95 Å². The van der Waals surface area contributed by atoms with E-state index in [1.165, 1.54) is 0 Å². The molecule has 3 heterocycles. The van der Waals surface area contributed by atoms with Crippen molar-refractivity contribution in [2.45, 2.75) is 27.6 Å². The van der Waals surface area contributed by atoms with Crippen molar-refractivity contribution in [2.75, 3.05) is 0 Å². The highest BCUT2D eigenvalue weighted by molar-refractivity contribution is 6.10. The summed E-state index contributed by atoms with van der Waals surface area (Å²) >= 11 is 0. The highest BCUT2D eigenvalue weighted by Gasteiger charge is 2.32. The van der Waals surface area contributed by atoms with Crippen LogP contribution in [-0.2, 0) is 14.1 Å². The summed E-state index contributed by atoms with van der Waals surface area (Å²) in [4.78, 5) is 0. The van der Waals surface area contributed by atoms with Gasteiger partial charge in [-0.2, -0.15) is 9.13 Å². The zero-order valence-electron chi connectivity index (χ0n) is 25.1. The number of para-hydroxylation sites is 4. The molecule has 0 unspecified atom stereocenters. The third kappa shape index (κ3) is 2.49. The van der Waals surface area contributed by atoms with Gasteiger partial charge < -0.3 is 4.57 Å². The fourth-order valence-corrected chi connectivity index (χ4v) is 5.35. The largest absolute Gasteiger partial charge is 0.376 e. The van der Waals surface area contributed by atoms with Crippen LogP contribution in [0.3, 0.4) is 0 Å². The van der Waals surface area contributed by atoms with Crippen molar-refractivity contribution in [1.82, 2.24) is 13.7 Å². The summed E-state index contributed by atoms with van der Waals surface area (Å²) in [5.74, 6) is 0.547. The molecule has 0 saturated heterocycles. The van der Waals surface area contributed by atoms with Gasteiger partial charge in [-0.1, -0.05) is 48.5 Å². The maximum absolute atomic E-state index is 8.63. The van der Waals surface area contributed by atoms with E-state index in [-0.39, 0.29) is 11.3 Å². The van der Waals surface area contributed by atoms with Gasteiger partial charge in [-0.05, 0) is 62.4 Å². The van der Waals surface area contributed by atoms with Crippen LogP contribution in [0.1, 0.15) is 30.6 Å². The van der Waals surface area contributed by atoms with Gasteiger partial charge in [0.25, 0.3) is 0 Å². The lowest BCUT2D eigenvalue weighted by atomic mass is 10.1. The Hall–Kier alpha value is -3.79. The Morgan fingerprint density at radius 3 is 2.21 bits per heavy atom. The van der Waals surface area contributed by atoms with Crippen molar-refractivity contribution in [2.24, 2.45) is 14.1 Å². The van der Waals surface area contributed by atoms with Crippen LogP contribution in [0.2, 0.25) is 0 Å². The summed E-state index contributed by atoms with van der Waals surface area (Å²) < 4.78 is 59.1. The highest BCUT2D eigenvalue weighted by atomic mass is 15.3. The van der Waals surface area contributed by atoms with Crippen molar-refractivity contribution in [3.63, 3.8) is 0 Å². The van der Waals surface area contributed by atoms with Gasteiger partial charge in [0.05, 0.1) is 18.3 Å². The average molecular weight is 440 g/mol. The lowest BCUT2D eigenvalue weighted by molar-refractivity contribution is -0.639. The first-order valence-corrected chi connectivity index (χ1v) is 11.0. The second kappa shape index (κ2) is 6.85. The lowest BCUT2D eigenvalue weighted by Crippen LogP contribution is -2.34. The SMILES string of the molecule is [2H]C([2H])([2H])c1c(C([2H])([2H])[2H])n(-c2n(-c3c(C)cccc3C)c3ccccc3[n+]2C)c2c1c1ccccc1n2C. The Kier molecular flexibility index (Phi) is 2.99. The van der Waals surface area contributed by atoms with Gasteiger partial charge in [0.15, 0.2) is 5.65 Å². The van der Waals surface area contributed by atoms with Crippen molar-refractivity contribution in [3.05, 3.63) is 89.1 Å². The quantitative estimate of drug-likeness (QED) is 0.289. The monoisotopic (exact) mass is 439 g/mol. The molecule has 0 fully saturated rings. The molecule has 0 radical (unpaired) electrons. The van der Waals surface area contributed by atoms with E-state index in [0.717, 1.165) is 33.4 Å². The van der Waals surface area contributed by atoms with E-state index in [9.17, 15) is 0 Å². The molecular formula is C29H29N4+. The van der Waals surface area contributed by atoms with Crippen LogP contribution >= 0.6 is 0 Å². The number of imidazole rings is 1. The van der Waals surface area contributed by atoms with E-state index in [1.807, 2.05) is 104 Å². The molecule has 33 heavy (non-hydrogen) atoms. The Balaban J connectivity index is 1.96. The zero-order valence-corrected chi connectivity index (χ0v) is 19.1. The van der Waals surface area contributed by atoms with Gasteiger partial charge in [0.2, 0.25) is 0 Å². The summed E-state index contributed by atoms with van der Waals surface area (Å²) in [5.41, 5.74) is 5.77. The molecule has 0 aliphatic rings. The molecule has 6 rings (SSSR count). The predicted octanol–water partition coefficient (Wildman–Crippen LogP) is 6.12. The van der Waals surface area contributed by atoms with E-state index >= 15 is 0 Å². The summed E-state index contributed by atoms with van der Waals surface area (Å²) in [5, 5.41) is 1.15. The number of benzene rings is 3. The standard InChI is InChI=1S/C29H29N4/c1-18-12-11-13-19(2)27(18)33-25-17-10-9-16-24(25)31(6)29(33)32-21(4)20(3)26-22-14-7-8-15-23(22)30(5)28(26)32/h7-17H,1-6H3/q+1/i3D3,4D3. The third-order valence-corrected chi connectivity index (χ3v) is 6.85. The van der Waals surface area contributed by atoms with Gasteiger partial charge in [-0.25, -0.2) is 4.57 Å². The summed E-state index contributed by atoms with van der Waals surface area (Å²) in [6.45, 7) is -1.31. The molecule has 0 saturated carbocycles. The number of rotatable bonds is 2. The number of aryl methyl sites for hydroxylation is 5. The van der Waals surface area contributed by atoms with Gasteiger partial charge in [0.1, 0.15) is 16.7 Å². The molecule has 0 atom stereocenters. The molecule has 0 aliphatic heterocycles. The first-order valence-electron chi connectivity index (χ1n) is 14.0. The Morgan fingerprint density at radius 2 is 1.48 bits per heavy atom. The number of hydrogen-bond donors (Lipinski definition) is 0. The van der Waals surface area contributed by atoms with Crippen LogP contribution < -0.4 is 4.57 Å². The van der Waals surface area contributed by atoms with Crippen LogP contribution in [0.25, 0.3) is 44.6 Å². The topological polar surface area (TPSA) is 18.7 Å². The fraction of sp³-hybridized carbons (Fsp3) is 0.207. The first-order chi connectivity index (χ1) is 18.3. The zero-order chi connectivity index (χ0) is 28.0. The van der Waals surface area contributed by atoms with Crippen molar-refractivity contribution >= 4 is 33.0 Å². The molecule has 3 aromatic carbocycles. The molecule has 0 spiro atoms. The van der Waals surface area contributed by atoms with Gasteiger partial charge in [-0.3, -0.25) is 0 Å². The molecule has 0 amide bonds. The smallest absolute Gasteiger partial charge is 0.317 e. The van der Waals surface area contributed by atoms with Crippen LogP contribution in [0.15, 0.2) is 66.7 Å². The summed E-state index contributed by atoms with van der Waals surface area (Å²) in [7, 11) is 3.76. The number of aromatic nitrogens is 4. The molecule has 6 aromatic rings. The highest BCUT2D eigenvalue weighted by Crippen LogP contribution is 2.37. The Morgan fingerprint density at radius 1 is 0.788 bits per heavy atom. The minimum atomic E-state index is -2.71. The molecule has 164 valence electrons. The van der Waals surface area contributed by atoms with Crippen molar-refractivity contribution in [3.8, 4) is 11.6 Å². The Bertz CT molecular complexity index is 1910. The minimum absolute atomic E-state index is 0.132. The van der Waals surface area contributed by atoms with E-state index in [2.05, 4.69) is 4.57 Å². The first kappa shape index (κ1) is 14.4. The van der Waals surface area contributed by atoms with Crippen molar-refractivity contribution < 1.29 is 12.8 Å². The second-order valence-electron chi connectivity index (χ2n) is 8.76. The normalized spacial score (nSPS) is 15.4. The molecule has 4 heteroatoms. The number of nitrogens with zero attached hydrogens (tertiary/aromatic N) is 4. The predicted molar refractivity (Wildman–Crippen MR) is 137 cm³/mol. The Labute approximate surface area is 202 Å². The molecule has 4 nitrogen and oxygen atoms in total. The van der Waals surface area contributed by atoms with Crippen LogP contribution in [0, 0.1) is 27.6 Å². The third-order valence-electron chi connectivity index (χ3n) is 6.85. The molecule has 0 N–H and O–H groups in total. The van der Waals surface area contributed by atoms with E-state index in [0.29, 0.717) is 22.4 Å². The molecule has 0 bridgehead atoms. The summed E-state index contributed by atoms with van der Waals surface area (Å²) in [6, 6.07) is 21.5. The maximum Gasteiger partial charge on any atom is 0.376 e. The second-order valence-corrected chi connectivity index (χ2v) is 8.76. The minimum Gasteiger partial charge on any atom is -0.317 e. The number of fused-ring (bicyclic) bond motifs is 4. The van der Waals surface area contributed by atoms with Crippen LogP contribution in [-0.4, -0.2) is 13.7 Å². The lowest BCUT2D eigenvalue weighted by Gasteiger charge is -2.12. The van der Waals surface area contributed by atoms with Gasteiger partial charge in [-0.15, -0.1) is 0 Å². The van der Waals surface area contributed by atoms with Crippen LogP contribution in [0.5, 0.6) is 0 Å². The molecule has 3 aromatic heterocycles. The van der Waals surface area contributed by atoms with E-state index in [4.69, 9.17) is 8.22 Å². The fourth-order valence-electron chi connectivity index (χ4n) is 5.35. The molecule has 0 aliphatic carbocycles. The van der Waals surface area contributed by atoms with Gasteiger partial charge in [0, 0.05) is 26.0 Å². The maximum atomic E-state index is 8.63. The van der Waals surface area contributed by atoms with E-state index in [1.54, 1.807) is 4.57 Å². The number of hydrogen-bond acceptors (Lipinski definition) is 0. The average Bonchev–Trinajstić information content (AvgIpc) is 3.46. The van der Waals surface area contributed by atoms with Crippen molar-refractivity contribution in [1.29, 1.82) is 0 Å². The summed E-state index contributed by atoms with van der Waals surface area (Å²) in [6.07, 6.45) is 0. The van der Waals surface area contributed by atoms with Crippen LogP contribution in [0.4, 0.5) is 0 Å². The van der Waals surface area contributed by atoms with E-state index < -0.39 is 13.7 Å².